The fraction of sp³-hybridized carbons (Fsp3) is 0.455. The molecule has 1 unspecified atom stereocenters. The van der Waals surface area contributed by atoms with Gasteiger partial charge in [0.25, 0.3) is 5.56 Å². The van der Waals surface area contributed by atoms with E-state index in [4.69, 9.17) is 4.74 Å². The number of fused-ring (bicyclic) bond motifs is 1. The van der Waals surface area contributed by atoms with E-state index < -0.39 is 5.60 Å². The average Bonchev–Trinajstić information content (AvgIpc) is 3.61. The summed E-state index contributed by atoms with van der Waals surface area (Å²) in [5.41, 5.74) is 4.18. The van der Waals surface area contributed by atoms with E-state index in [0.29, 0.717) is 37.2 Å². The van der Waals surface area contributed by atoms with Crippen LogP contribution in [0.2, 0.25) is 0 Å². The highest BCUT2D eigenvalue weighted by Crippen LogP contribution is 2.47. The Kier molecular flexibility index (Phi) is 7.27. The molecule has 1 saturated carbocycles. The summed E-state index contributed by atoms with van der Waals surface area (Å²) in [5, 5.41) is 24.9. The molecule has 0 amide bonds. The molecule has 2 aliphatic rings. The number of rotatable bonds is 7. The second-order valence-electron chi connectivity index (χ2n) is 11.8. The molecule has 1 aliphatic carbocycles. The van der Waals surface area contributed by atoms with E-state index in [-0.39, 0.29) is 17.2 Å². The first kappa shape index (κ1) is 27.4. The molecule has 212 valence electrons. The molecular formula is C33H37N5O3. The monoisotopic (exact) mass is 551 g/mol. The zero-order chi connectivity index (χ0) is 28.6. The largest absolute Gasteiger partial charge is 0.387 e. The Morgan fingerprint density at radius 3 is 2.56 bits per heavy atom. The van der Waals surface area contributed by atoms with Crippen LogP contribution in [0.3, 0.4) is 0 Å². The topological polar surface area (TPSA) is 105 Å². The molecule has 41 heavy (non-hydrogen) atoms. The van der Waals surface area contributed by atoms with Gasteiger partial charge in [-0.2, -0.15) is 15.3 Å². The van der Waals surface area contributed by atoms with E-state index in [1.807, 2.05) is 64.5 Å². The third-order valence-corrected chi connectivity index (χ3v) is 9.19. The fourth-order valence-corrected chi connectivity index (χ4v) is 6.84. The number of hydrogen-bond donors (Lipinski definition) is 1. The molecule has 6 rings (SSSR count). The highest BCUT2D eigenvalue weighted by molar-refractivity contribution is 5.70. The molecule has 1 aliphatic heterocycles. The van der Waals surface area contributed by atoms with Crippen molar-refractivity contribution in [3.63, 3.8) is 0 Å². The molecule has 1 saturated heterocycles. The van der Waals surface area contributed by atoms with Gasteiger partial charge in [0.2, 0.25) is 5.78 Å². The molecule has 8 heteroatoms. The highest BCUT2D eigenvalue weighted by Gasteiger charge is 2.49. The first-order chi connectivity index (χ1) is 19.9. The Labute approximate surface area is 240 Å². The minimum atomic E-state index is -0.745. The lowest BCUT2D eigenvalue weighted by Gasteiger charge is -2.37. The fourth-order valence-electron chi connectivity index (χ4n) is 6.84. The predicted octanol–water partition coefficient (Wildman–Crippen LogP) is 5.39. The van der Waals surface area contributed by atoms with Crippen LogP contribution in [0.4, 0.5) is 0 Å². The van der Waals surface area contributed by atoms with Gasteiger partial charge in [0, 0.05) is 24.4 Å². The van der Waals surface area contributed by atoms with Gasteiger partial charge in [0.05, 0.1) is 35.1 Å². The molecule has 2 fully saturated rings. The second kappa shape index (κ2) is 10.9. The van der Waals surface area contributed by atoms with E-state index in [1.165, 1.54) is 0 Å². The van der Waals surface area contributed by atoms with Crippen LogP contribution in [0.1, 0.15) is 87.2 Å². The minimum Gasteiger partial charge on any atom is -0.387 e. The maximum Gasteiger partial charge on any atom is 0.259 e. The summed E-state index contributed by atoms with van der Waals surface area (Å²) in [6, 6.07) is 18.0. The number of aromatic nitrogens is 4. The lowest BCUT2D eigenvalue weighted by atomic mass is 9.77. The zero-order valence-electron chi connectivity index (χ0n) is 23.8. The molecule has 8 nitrogen and oxygen atoms in total. The SMILES string of the molecule is CCCc1c(Cc2ccc(-c3ccccc3C#N)cc2)c(=O)n([C@H]2CC[C@]3(CC2)CC(O)(CC)CO3)c2ncnn12. The van der Waals surface area contributed by atoms with Crippen molar-refractivity contribution in [3.8, 4) is 17.2 Å². The summed E-state index contributed by atoms with van der Waals surface area (Å²) in [6.45, 7) is 4.51. The van der Waals surface area contributed by atoms with Crippen LogP contribution in [0, 0.1) is 11.3 Å². The molecule has 2 aromatic heterocycles. The van der Waals surface area contributed by atoms with Gasteiger partial charge >= 0.3 is 0 Å². The maximum atomic E-state index is 14.3. The molecule has 1 N–H and O–H groups in total. The van der Waals surface area contributed by atoms with Gasteiger partial charge in [-0.3, -0.25) is 9.36 Å². The maximum absolute atomic E-state index is 14.3. The highest BCUT2D eigenvalue weighted by atomic mass is 16.5. The van der Waals surface area contributed by atoms with Gasteiger partial charge in [-0.15, -0.1) is 0 Å². The van der Waals surface area contributed by atoms with Crippen LogP contribution in [0.25, 0.3) is 16.9 Å². The van der Waals surface area contributed by atoms with Crippen LogP contribution in [0.15, 0.2) is 59.7 Å². The van der Waals surface area contributed by atoms with Gasteiger partial charge in [-0.25, -0.2) is 4.52 Å². The van der Waals surface area contributed by atoms with Crippen molar-refractivity contribution in [1.82, 2.24) is 19.2 Å². The van der Waals surface area contributed by atoms with E-state index >= 15 is 0 Å². The van der Waals surface area contributed by atoms with Gasteiger partial charge in [0.15, 0.2) is 0 Å². The Morgan fingerprint density at radius 2 is 1.88 bits per heavy atom. The van der Waals surface area contributed by atoms with Crippen LogP contribution in [-0.4, -0.2) is 42.1 Å². The molecule has 4 aromatic rings. The second-order valence-corrected chi connectivity index (χ2v) is 11.8. The first-order valence-corrected chi connectivity index (χ1v) is 14.8. The minimum absolute atomic E-state index is 0.00182. The average molecular weight is 552 g/mol. The molecule has 2 aromatic carbocycles. The van der Waals surface area contributed by atoms with Crippen molar-refractivity contribution >= 4 is 5.78 Å². The van der Waals surface area contributed by atoms with E-state index in [2.05, 4.69) is 23.1 Å². The van der Waals surface area contributed by atoms with Crippen LogP contribution in [0.5, 0.6) is 0 Å². The van der Waals surface area contributed by atoms with E-state index in [0.717, 1.165) is 66.5 Å². The quantitative estimate of drug-likeness (QED) is 0.330. The van der Waals surface area contributed by atoms with Crippen molar-refractivity contribution in [1.29, 1.82) is 5.26 Å². The summed E-state index contributed by atoms with van der Waals surface area (Å²) in [7, 11) is 0. The lowest BCUT2D eigenvalue weighted by molar-refractivity contribution is -0.0384. The van der Waals surface area contributed by atoms with Crippen LogP contribution < -0.4 is 5.56 Å². The Balaban J connectivity index is 1.33. The van der Waals surface area contributed by atoms with Crippen LogP contribution >= 0.6 is 0 Å². The predicted molar refractivity (Wildman–Crippen MR) is 157 cm³/mol. The molecular weight excluding hydrogens is 514 g/mol. The molecule has 0 radical (unpaired) electrons. The first-order valence-electron chi connectivity index (χ1n) is 14.8. The summed E-state index contributed by atoms with van der Waals surface area (Å²) < 4.78 is 9.93. The van der Waals surface area contributed by atoms with Gasteiger partial charge in [0.1, 0.15) is 6.33 Å². The standard InChI is InChI=1S/C33H37N5O3/c1-3-7-29-28(18-23-10-12-24(13-11-23)27-9-6-5-8-25(27)19-34)30(39)37(31-35-22-36-38(29)31)26-14-16-33(17-15-26)20-32(40,4-2)21-41-33/h5-6,8-13,22,26,40H,3-4,7,14-18,20-21H2,1-2H3/t26-,32?,33-. The molecule has 3 heterocycles. The smallest absolute Gasteiger partial charge is 0.259 e. The zero-order valence-corrected chi connectivity index (χ0v) is 23.8. The number of hydrogen-bond acceptors (Lipinski definition) is 6. The summed E-state index contributed by atoms with van der Waals surface area (Å²) in [5.74, 6) is 0.601. The summed E-state index contributed by atoms with van der Waals surface area (Å²) in [4.78, 5) is 18.8. The van der Waals surface area contributed by atoms with Gasteiger partial charge in [-0.1, -0.05) is 62.7 Å². The van der Waals surface area contributed by atoms with Crippen LogP contribution in [-0.2, 0) is 17.6 Å². The number of ether oxygens (including phenoxy) is 1. The Bertz CT molecular complexity index is 1660. The third-order valence-electron chi connectivity index (χ3n) is 9.19. The lowest BCUT2D eigenvalue weighted by Crippen LogP contribution is -2.40. The van der Waals surface area contributed by atoms with Gasteiger partial charge < -0.3 is 9.84 Å². The number of aryl methyl sites for hydroxylation is 1. The third kappa shape index (κ3) is 4.98. The van der Waals surface area contributed by atoms with Crippen molar-refractivity contribution in [3.05, 3.63) is 87.6 Å². The number of aliphatic hydroxyl groups is 1. The van der Waals surface area contributed by atoms with E-state index in [9.17, 15) is 15.2 Å². The Morgan fingerprint density at radius 1 is 1.12 bits per heavy atom. The summed E-state index contributed by atoms with van der Waals surface area (Å²) in [6.07, 6.45) is 8.21. The molecule has 1 atom stereocenters. The van der Waals surface area contributed by atoms with Crippen molar-refractivity contribution < 1.29 is 9.84 Å². The number of nitriles is 1. The summed E-state index contributed by atoms with van der Waals surface area (Å²) >= 11 is 0. The van der Waals surface area contributed by atoms with E-state index in [1.54, 1.807) is 6.33 Å². The van der Waals surface area contributed by atoms with Gasteiger partial charge in [-0.05, 0) is 61.3 Å². The Hall–Kier alpha value is -3.80. The van der Waals surface area contributed by atoms with Crippen molar-refractivity contribution in [2.24, 2.45) is 0 Å². The molecule has 0 bridgehead atoms. The van der Waals surface area contributed by atoms with Crippen molar-refractivity contribution in [2.45, 2.75) is 88.9 Å². The number of benzene rings is 2. The van der Waals surface area contributed by atoms with Crippen molar-refractivity contribution in [2.75, 3.05) is 6.61 Å². The molecule has 1 spiro atoms. The normalized spacial score (nSPS) is 24.2. The number of nitrogens with zero attached hydrogens (tertiary/aromatic N) is 5.